The normalized spacial score (nSPS) is 13.3. The zero-order valence-electron chi connectivity index (χ0n) is 44.6. The molecule has 0 saturated carbocycles. The van der Waals surface area contributed by atoms with Crippen molar-refractivity contribution in [1.29, 1.82) is 0 Å². The number of methoxy groups -OCH3 is 2. The van der Waals surface area contributed by atoms with E-state index in [0.29, 0.717) is 116 Å². The molecule has 77 heavy (non-hydrogen) atoms. The number of rotatable bonds is 38. The number of hydrogen-bond donors (Lipinski definition) is 0. The summed E-state index contributed by atoms with van der Waals surface area (Å²) in [5, 5.41) is 24.1. The Morgan fingerprint density at radius 2 is 0.805 bits per heavy atom. The summed E-state index contributed by atoms with van der Waals surface area (Å²) in [5.74, 6) is -2.16. The Labute approximate surface area is 450 Å². The van der Waals surface area contributed by atoms with E-state index >= 15 is 0 Å². The van der Waals surface area contributed by atoms with Gasteiger partial charge in [-0.05, 0) is 81.6 Å². The highest BCUT2D eigenvalue weighted by Gasteiger charge is 2.43. The number of carbonyl (C=O) groups excluding carboxylic acids is 2. The lowest BCUT2D eigenvalue weighted by Gasteiger charge is -2.33. The smallest absolute Gasteiger partial charge is 0.330 e. The van der Waals surface area contributed by atoms with Gasteiger partial charge in [0.2, 0.25) is 0 Å². The predicted molar refractivity (Wildman–Crippen MR) is 294 cm³/mol. The van der Waals surface area contributed by atoms with E-state index in [1.807, 2.05) is 36.4 Å². The van der Waals surface area contributed by atoms with Crippen molar-refractivity contribution >= 4 is 47.6 Å². The molecule has 18 nitrogen and oxygen atoms in total. The lowest BCUT2D eigenvalue weighted by molar-refractivity contribution is -0.385. The molecule has 0 amide bonds. The van der Waals surface area contributed by atoms with Crippen LogP contribution < -0.4 is 0 Å². The lowest BCUT2D eigenvalue weighted by atomic mass is 9.72. The molecule has 0 radical (unpaired) electrons. The molecule has 1 aliphatic rings. The van der Waals surface area contributed by atoms with Gasteiger partial charge in [0.25, 0.3) is 11.4 Å². The molecule has 4 aromatic carbocycles. The molecule has 4 aromatic rings. The maximum Gasteiger partial charge on any atom is 0.330 e. The van der Waals surface area contributed by atoms with Crippen molar-refractivity contribution < 1.29 is 66.8 Å². The molecule has 0 saturated heterocycles. The number of hydrogen-bond acceptors (Lipinski definition) is 16. The first-order valence-electron chi connectivity index (χ1n) is 25.6. The molecular formula is C59H72N2O16. The first-order chi connectivity index (χ1) is 37.3. The van der Waals surface area contributed by atoms with Gasteiger partial charge in [-0.1, -0.05) is 87.7 Å². The third-order valence-electron chi connectivity index (χ3n) is 12.9. The minimum absolute atomic E-state index is 0.0558. The summed E-state index contributed by atoms with van der Waals surface area (Å²) >= 11 is 0. The molecule has 18 heteroatoms. The van der Waals surface area contributed by atoms with Gasteiger partial charge in [0.1, 0.15) is 0 Å². The molecule has 1 aliphatic carbocycles. The zero-order chi connectivity index (χ0) is 55.4. The maximum absolute atomic E-state index is 12.1. The van der Waals surface area contributed by atoms with Gasteiger partial charge in [-0.15, -0.1) is 0 Å². The minimum Gasteiger partial charge on any atom is -0.462 e. The number of esters is 2. The van der Waals surface area contributed by atoms with Crippen LogP contribution in [0.25, 0.3) is 35.4 Å². The second-order valence-electron chi connectivity index (χ2n) is 18.1. The fourth-order valence-electron chi connectivity index (χ4n) is 8.83. The van der Waals surface area contributed by atoms with Gasteiger partial charge in [-0.3, -0.25) is 20.2 Å². The summed E-state index contributed by atoms with van der Waals surface area (Å²) in [6, 6.07) is 22.4. The van der Waals surface area contributed by atoms with E-state index < -0.39 is 39.0 Å². The third kappa shape index (κ3) is 18.8. The van der Waals surface area contributed by atoms with Gasteiger partial charge in [0.05, 0.1) is 102 Å². The second-order valence-corrected chi connectivity index (χ2v) is 18.1. The van der Waals surface area contributed by atoms with Gasteiger partial charge in [0.15, 0.2) is 0 Å². The monoisotopic (exact) mass is 1060 g/mol. The van der Waals surface area contributed by atoms with Crippen molar-refractivity contribution in [3.8, 4) is 11.1 Å². The first kappa shape index (κ1) is 61.1. The fourth-order valence-corrected chi connectivity index (χ4v) is 8.83. The van der Waals surface area contributed by atoms with E-state index in [-0.39, 0.29) is 24.6 Å². The summed E-state index contributed by atoms with van der Waals surface area (Å²) in [4.78, 5) is 46.9. The van der Waals surface area contributed by atoms with Gasteiger partial charge in [0, 0.05) is 80.1 Å². The first-order valence-corrected chi connectivity index (χ1v) is 25.6. The zero-order valence-corrected chi connectivity index (χ0v) is 44.6. The SMILES string of the molecule is C=CC(=O)OCC(C)c1cc(/C=C/c2ccc3c(c2)C(CCOCCOCCOCCOC)(CCOCCOCCOCCOC)c2cc(/C=C/c4ccc([N+](=O)[O-])c(C(C)COC(=O)C=C)c4)ccc2-3)ccc1[N+](=O)[O-]. The van der Waals surface area contributed by atoms with E-state index in [9.17, 15) is 29.8 Å². The molecule has 0 aromatic heterocycles. The van der Waals surface area contributed by atoms with Crippen LogP contribution in [-0.4, -0.2) is 142 Å². The molecule has 0 N–H and O–H groups in total. The van der Waals surface area contributed by atoms with E-state index in [2.05, 4.69) is 37.4 Å². The highest BCUT2D eigenvalue weighted by Crippen LogP contribution is 2.53. The fraction of sp³-hybridized carbons (Fsp3) is 0.424. The minimum atomic E-state index is -0.623. The largest absolute Gasteiger partial charge is 0.462 e. The molecule has 0 bridgehead atoms. The van der Waals surface area contributed by atoms with Crippen molar-refractivity contribution in [1.82, 2.24) is 0 Å². The average Bonchev–Trinajstić information content (AvgIpc) is 3.71. The summed E-state index contributed by atoms with van der Waals surface area (Å²) in [6.45, 7) is 16.2. The molecule has 5 rings (SSSR count). The Kier molecular flexibility index (Phi) is 26.0. The maximum atomic E-state index is 12.1. The summed E-state index contributed by atoms with van der Waals surface area (Å²) in [5.41, 5.74) is 7.56. The van der Waals surface area contributed by atoms with Crippen molar-refractivity contribution in [2.75, 3.05) is 120 Å². The molecule has 0 heterocycles. The predicted octanol–water partition coefficient (Wildman–Crippen LogP) is 9.95. The van der Waals surface area contributed by atoms with Crippen molar-refractivity contribution in [2.24, 2.45) is 0 Å². The van der Waals surface area contributed by atoms with Crippen LogP contribution in [0.3, 0.4) is 0 Å². The van der Waals surface area contributed by atoms with Crippen LogP contribution in [0.5, 0.6) is 0 Å². The lowest BCUT2D eigenvalue weighted by Crippen LogP contribution is -2.30. The van der Waals surface area contributed by atoms with Crippen LogP contribution in [0.1, 0.15) is 83.0 Å². The number of nitrogens with zero attached hydrogens (tertiary/aromatic N) is 2. The molecule has 0 fully saturated rings. The van der Waals surface area contributed by atoms with E-state index in [1.165, 1.54) is 12.1 Å². The van der Waals surface area contributed by atoms with Gasteiger partial charge < -0.3 is 47.4 Å². The molecular weight excluding hydrogens is 993 g/mol. The number of fused-ring (bicyclic) bond motifs is 3. The van der Waals surface area contributed by atoms with Crippen LogP contribution in [0.4, 0.5) is 11.4 Å². The highest BCUT2D eigenvalue weighted by molar-refractivity contribution is 5.85. The van der Waals surface area contributed by atoms with Crippen LogP contribution in [0.2, 0.25) is 0 Å². The van der Waals surface area contributed by atoms with Crippen LogP contribution in [0.15, 0.2) is 98.1 Å². The van der Waals surface area contributed by atoms with E-state index in [4.69, 9.17) is 47.4 Å². The third-order valence-corrected chi connectivity index (χ3v) is 12.9. The number of nitro groups is 2. The van der Waals surface area contributed by atoms with Crippen LogP contribution >= 0.6 is 0 Å². The Hall–Kier alpha value is -6.74. The molecule has 0 spiro atoms. The second kappa shape index (κ2) is 32.8. The number of ether oxygens (including phenoxy) is 10. The van der Waals surface area contributed by atoms with Gasteiger partial charge >= 0.3 is 11.9 Å². The Morgan fingerprint density at radius 3 is 1.13 bits per heavy atom. The van der Waals surface area contributed by atoms with E-state index in [1.54, 1.807) is 52.3 Å². The van der Waals surface area contributed by atoms with Gasteiger partial charge in [-0.25, -0.2) is 9.59 Å². The van der Waals surface area contributed by atoms with Crippen molar-refractivity contribution in [2.45, 2.75) is 43.9 Å². The standard InChI is InChI=1S/C59H72N2O16/c1-7-57(62)76-41-43(3)51-37-45(15-19-55(51)60(64)65)9-11-47-13-17-49-50-18-14-48(12-10-46-16-20-56(61(66)67)52(38-46)44(4)42-77-58(63)8-2)40-54(50)59(53(49)39-47,21-23-70-29-31-74-35-33-72-27-25-68-5)22-24-71-30-32-75-36-34-73-28-26-69-6/h7-20,37-40,43-44H,1-2,21-36,41-42H2,3-6H3/b11-9+,12-10+. The topological polar surface area (TPSA) is 213 Å². The Balaban J connectivity index is 1.50. The van der Waals surface area contributed by atoms with E-state index in [0.717, 1.165) is 56.7 Å². The van der Waals surface area contributed by atoms with Crippen molar-refractivity contribution in [3.05, 3.63) is 163 Å². The van der Waals surface area contributed by atoms with Crippen LogP contribution in [-0.2, 0) is 62.4 Å². The molecule has 0 aliphatic heterocycles. The summed E-state index contributed by atoms with van der Waals surface area (Å²) < 4.78 is 55.8. The average molecular weight is 1070 g/mol. The Bertz CT molecular complexity index is 2470. The number of carbonyl (C=O) groups is 2. The number of nitro benzene ring substituents is 2. The summed E-state index contributed by atoms with van der Waals surface area (Å²) in [6.07, 6.45) is 11.0. The van der Waals surface area contributed by atoms with Gasteiger partial charge in [-0.2, -0.15) is 0 Å². The summed E-state index contributed by atoms with van der Waals surface area (Å²) in [7, 11) is 3.25. The molecule has 414 valence electrons. The highest BCUT2D eigenvalue weighted by atomic mass is 16.6. The quantitative estimate of drug-likeness (QED) is 0.0102. The number of benzene rings is 4. The Morgan fingerprint density at radius 1 is 0.494 bits per heavy atom. The molecule has 2 unspecified atom stereocenters. The van der Waals surface area contributed by atoms with Crippen LogP contribution in [0, 0.1) is 20.2 Å². The van der Waals surface area contributed by atoms with Crippen molar-refractivity contribution in [3.63, 3.8) is 0 Å². The molecule has 2 atom stereocenters.